The summed E-state index contributed by atoms with van der Waals surface area (Å²) in [4.78, 5) is 19.8. The van der Waals surface area contributed by atoms with Gasteiger partial charge in [0, 0.05) is 30.8 Å². The van der Waals surface area contributed by atoms with Crippen LogP contribution in [0.1, 0.15) is 45.0 Å². The molecule has 0 radical (unpaired) electrons. The molecule has 9 heteroatoms. The third-order valence-corrected chi connectivity index (χ3v) is 5.83. The van der Waals surface area contributed by atoms with Crippen molar-refractivity contribution in [3.8, 4) is 11.3 Å². The van der Waals surface area contributed by atoms with Crippen molar-refractivity contribution in [2.75, 3.05) is 18.0 Å². The molecule has 0 spiro atoms. The van der Waals surface area contributed by atoms with Gasteiger partial charge in [-0.1, -0.05) is 0 Å². The van der Waals surface area contributed by atoms with Gasteiger partial charge in [0.1, 0.15) is 11.4 Å². The zero-order valence-corrected chi connectivity index (χ0v) is 18.6. The lowest BCUT2D eigenvalue weighted by atomic mass is 10.1. The third-order valence-electron chi connectivity index (χ3n) is 5.83. The lowest BCUT2D eigenvalue weighted by molar-refractivity contribution is 0.0302. The molecule has 0 aromatic carbocycles. The molecule has 2 aliphatic rings. The fraction of sp³-hybridized carbons (Fsp3) is 0.545. The molecule has 2 atom stereocenters. The summed E-state index contributed by atoms with van der Waals surface area (Å²) < 4.78 is 14.7. The molecule has 5 rings (SSSR count). The molecule has 2 fully saturated rings. The predicted octanol–water partition coefficient (Wildman–Crippen LogP) is 3.36. The van der Waals surface area contributed by atoms with Crippen LogP contribution in [0, 0.1) is 13.8 Å². The van der Waals surface area contributed by atoms with Gasteiger partial charge in [0.2, 0.25) is 0 Å². The molecule has 3 aromatic rings. The van der Waals surface area contributed by atoms with E-state index in [1.54, 1.807) is 10.7 Å². The van der Waals surface area contributed by atoms with Crippen molar-refractivity contribution < 1.29 is 14.3 Å². The summed E-state index contributed by atoms with van der Waals surface area (Å²) in [5.41, 5.74) is 3.32. The van der Waals surface area contributed by atoms with Crippen LogP contribution in [-0.2, 0) is 9.47 Å². The minimum Gasteiger partial charge on any atom is -0.442 e. The number of carbonyl (C=O) groups excluding carboxylic acids is 1. The van der Waals surface area contributed by atoms with E-state index < -0.39 is 11.7 Å². The first-order chi connectivity index (χ1) is 14.7. The molecule has 2 unspecified atom stereocenters. The maximum absolute atomic E-state index is 12.7. The van der Waals surface area contributed by atoms with Crippen LogP contribution in [0.3, 0.4) is 0 Å². The van der Waals surface area contributed by atoms with Gasteiger partial charge in [0.05, 0.1) is 35.5 Å². The van der Waals surface area contributed by atoms with E-state index in [0.717, 1.165) is 54.3 Å². The minimum absolute atomic E-state index is 0.267. The summed E-state index contributed by atoms with van der Waals surface area (Å²) in [5, 5.41) is 8.96. The average Bonchev–Trinajstić information content (AvgIpc) is 3.37. The maximum Gasteiger partial charge on any atom is 0.435 e. The van der Waals surface area contributed by atoms with Crippen molar-refractivity contribution in [1.29, 1.82) is 0 Å². The Morgan fingerprint density at radius 3 is 2.58 bits per heavy atom. The highest BCUT2D eigenvalue weighted by Gasteiger charge is 2.35. The normalized spacial score (nSPS) is 21.1. The van der Waals surface area contributed by atoms with Gasteiger partial charge in [0.25, 0.3) is 0 Å². The van der Waals surface area contributed by atoms with E-state index in [4.69, 9.17) is 14.5 Å². The molecular formula is C22H28N6O3. The van der Waals surface area contributed by atoms with Gasteiger partial charge in [0.15, 0.2) is 5.65 Å². The van der Waals surface area contributed by atoms with Crippen molar-refractivity contribution in [3.63, 3.8) is 0 Å². The first kappa shape index (κ1) is 20.0. The molecule has 0 N–H and O–H groups in total. The molecule has 2 saturated heterocycles. The number of aryl methyl sites for hydroxylation is 1. The number of carbonyl (C=O) groups is 1. The van der Waals surface area contributed by atoms with E-state index in [1.807, 2.05) is 46.8 Å². The number of aromatic nitrogens is 5. The monoisotopic (exact) mass is 424 g/mol. The summed E-state index contributed by atoms with van der Waals surface area (Å²) in [6.45, 7) is 11.0. The smallest absolute Gasteiger partial charge is 0.435 e. The second-order valence-electron chi connectivity index (χ2n) is 9.40. The van der Waals surface area contributed by atoms with E-state index in [1.165, 1.54) is 4.68 Å². The van der Waals surface area contributed by atoms with Crippen LogP contribution >= 0.6 is 0 Å². The Kier molecular flexibility index (Phi) is 4.55. The fourth-order valence-corrected chi connectivity index (χ4v) is 4.54. The SMILES string of the molecule is Cc1nn(C(=O)OC(C)(C)C)c(C)c1-c1cc(N2CC3CCC(C2)O3)nc2ccnn12. The summed E-state index contributed by atoms with van der Waals surface area (Å²) in [6, 6.07) is 3.94. The van der Waals surface area contributed by atoms with Crippen molar-refractivity contribution in [3.05, 3.63) is 29.7 Å². The third kappa shape index (κ3) is 3.56. The van der Waals surface area contributed by atoms with E-state index >= 15 is 0 Å². The summed E-state index contributed by atoms with van der Waals surface area (Å²) >= 11 is 0. The summed E-state index contributed by atoms with van der Waals surface area (Å²) in [7, 11) is 0. The van der Waals surface area contributed by atoms with Gasteiger partial charge in [-0.2, -0.15) is 14.9 Å². The van der Waals surface area contributed by atoms with Gasteiger partial charge >= 0.3 is 6.09 Å². The average molecular weight is 425 g/mol. The molecule has 9 nitrogen and oxygen atoms in total. The van der Waals surface area contributed by atoms with Gasteiger partial charge in [-0.15, -0.1) is 0 Å². The van der Waals surface area contributed by atoms with Crippen molar-refractivity contribution in [1.82, 2.24) is 24.4 Å². The van der Waals surface area contributed by atoms with E-state index in [0.29, 0.717) is 5.69 Å². The lowest BCUT2D eigenvalue weighted by Crippen LogP contribution is -2.43. The van der Waals surface area contributed by atoms with Gasteiger partial charge in [-0.25, -0.2) is 14.3 Å². The Labute approximate surface area is 181 Å². The predicted molar refractivity (Wildman–Crippen MR) is 115 cm³/mol. The first-order valence-electron chi connectivity index (χ1n) is 10.7. The highest BCUT2D eigenvalue weighted by Crippen LogP contribution is 2.33. The topological polar surface area (TPSA) is 86.8 Å². The molecule has 31 heavy (non-hydrogen) atoms. The number of rotatable bonds is 2. The van der Waals surface area contributed by atoms with E-state index in [2.05, 4.69) is 15.1 Å². The molecule has 3 aromatic heterocycles. The van der Waals surface area contributed by atoms with Crippen LogP contribution in [0.2, 0.25) is 0 Å². The van der Waals surface area contributed by atoms with Crippen LogP contribution in [0.4, 0.5) is 10.6 Å². The lowest BCUT2D eigenvalue weighted by Gasteiger charge is -2.33. The molecule has 0 amide bonds. The van der Waals surface area contributed by atoms with Crippen LogP contribution in [0.5, 0.6) is 0 Å². The van der Waals surface area contributed by atoms with Gasteiger partial charge < -0.3 is 14.4 Å². The van der Waals surface area contributed by atoms with E-state index in [-0.39, 0.29) is 12.2 Å². The number of ether oxygens (including phenoxy) is 2. The molecule has 2 bridgehead atoms. The number of anilines is 1. The highest BCUT2D eigenvalue weighted by molar-refractivity contribution is 5.77. The number of morpholine rings is 1. The van der Waals surface area contributed by atoms with Crippen molar-refractivity contribution >= 4 is 17.6 Å². The van der Waals surface area contributed by atoms with Crippen LogP contribution < -0.4 is 4.90 Å². The van der Waals surface area contributed by atoms with Gasteiger partial charge in [-0.05, 0) is 47.5 Å². The second kappa shape index (κ2) is 7.05. The molecule has 0 saturated carbocycles. The zero-order valence-electron chi connectivity index (χ0n) is 18.6. The van der Waals surface area contributed by atoms with Crippen LogP contribution in [-0.4, -0.2) is 61.4 Å². The Bertz CT molecular complexity index is 1150. The quantitative estimate of drug-likeness (QED) is 0.623. The fourth-order valence-electron chi connectivity index (χ4n) is 4.54. The largest absolute Gasteiger partial charge is 0.442 e. The highest BCUT2D eigenvalue weighted by atomic mass is 16.6. The molecule has 0 aliphatic carbocycles. The Balaban J connectivity index is 1.59. The number of nitrogens with zero attached hydrogens (tertiary/aromatic N) is 6. The minimum atomic E-state index is -0.599. The zero-order chi connectivity index (χ0) is 21.9. The molecular weight excluding hydrogens is 396 g/mol. The number of fused-ring (bicyclic) bond motifs is 3. The van der Waals surface area contributed by atoms with Crippen molar-refractivity contribution in [2.45, 2.75) is 65.3 Å². The number of hydrogen-bond donors (Lipinski definition) is 0. The Hall–Kier alpha value is -2.94. The van der Waals surface area contributed by atoms with Crippen molar-refractivity contribution in [2.24, 2.45) is 0 Å². The molecule has 164 valence electrons. The van der Waals surface area contributed by atoms with Gasteiger partial charge in [-0.3, -0.25) is 0 Å². The van der Waals surface area contributed by atoms with E-state index in [9.17, 15) is 4.79 Å². The standard InChI is InChI=1S/C22H28N6O3/c1-13-20(14(2)27(25-13)21(29)31-22(3,4)5)17-10-19(24-18-8-9-23-28(17)18)26-11-15-6-7-16(12-26)30-15/h8-10,15-16H,6-7,11-12H2,1-5H3. The number of hydrogen-bond acceptors (Lipinski definition) is 7. The second-order valence-corrected chi connectivity index (χ2v) is 9.40. The van der Waals surface area contributed by atoms with Crippen LogP contribution in [0.15, 0.2) is 18.3 Å². The summed E-state index contributed by atoms with van der Waals surface area (Å²) in [6.07, 6.45) is 3.98. The maximum atomic E-state index is 12.7. The molecule has 5 heterocycles. The van der Waals surface area contributed by atoms with Crippen LogP contribution in [0.25, 0.3) is 16.9 Å². The summed E-state index contributed by atoms with van der Waals surface area (Å²) in [5.74, 6) is 0.895. The first-order valence-corrected chi connectivity index (χ1v) is 10.7. The Morgan fingerprint density at radius 2 is 1.90 bits per heavy atom. The Morgan fingerprint density at radius 1 is 1.19 bits per heavy atom. The molecule has 2 aliphatic heterocycles.